The molecule has 1 heterocycles. The van der Waals surface area contributed by atoms with E-state index < -0.39 is 15.6 Å². The van der Waals surface area contributed by atoms with Gasteiger partial charge in [0.25, 0.3) is 0 Å². The molecule has 92 valence electrons. The molecule has 0 aromatic rings. The van der Waals surface area contributed by atoms with Crippen molar-refractivity contribution in [3.8, 4) is 0 Å². The van der Waals surface area contributed by atoms with Crippen molar-refractivity contribution in [2.75, 3.05) is 13.2 Å². The Morgan fingerprint density at radius 1 is 1.38 bits per heavy atom. The van der Waals surface area contributed by atoms with Crippen LogP contribution in [0.5, 0.6) is 0 Å². The molecule has 1 fully saturated rings. The van der Waals surface area contributed by atoms with E-state index in [0.717, 1.165) is 0 Å². The van der Waals surface area contributed by atoms with Crippen molar-refractivity contribution in [1.82, 2.24) is 0 Å². The standard InChI is InChI=1S/C8H9F3O4S/c9-8(10,11)16(12,13)15-7-1-5-3-14-4-6(5)2-7/h1,5-6H,2-4H2. The molecule has 1 aliphatic carbocycles. The number of hydrogen-bond acceptors (Lipinski definition) is 4. The SMILES string of the molecule is O=S(=O)(OC1=CC2COCC2C1)C(F)(F)F. The smallest absolute Gasteiger partial charge is 0.381 e. The minimum atomic E-state index is -5.52. The molecular weight excluding hydrogens is 249 g/mol. The highest BCUT2D eigenvalue weighted by Crippen LogP contribution is 2.38. The Morgan fingerprint density at radius 2 is 2.06 bits per heavy atom. The molecule has 0 bridgehead atoms. The van der Waals surface area contributed by atoms with Crippen molar-refractivity contribution in [2.24, 2.45) is 11.8 Å². The van der Waals surface area contributed by atoms with E-state index in [1.54, 1.807) is 0 Å². The fourth-order valence-corrected chi connectivity index (χ4v) is 2.32. The molecule has 4 nitrogen and oxygen atoms in total. The van der Waals surface area contributed by atoms with Gasteiger partial charge in [-0.15, -0.1) is 0 Å². The number of alkyl halides is 3. The highest BCUT2D eigenvalue weighted by atomic mass is 32.2. The number of allylic oxidation sites excluding steroid dienone is 1. The van der Waals surface area contributed by atoms with Gasteiger partial charge in [0.2, 0.25) is 0 Å². The van der Waals surface area contributed by atoms with Crippen molar-refractivity contribution < 1.29 is 30.5 Å². The van der Waals surface area contributed by atoms with Gasteiger partial charge < -0.3 is 8.92 Å². The Balaban J connectivity index is 2.07. The predicted molar refractivity (Wildman–Crippen MR) is 46.6 cm³/mol. The topological polar surface area (TPSA) is 52.6 Å². The molecule has 0 N–H and O–H groups in total. The Kier molecular flexibility index (Phi) is 2.66. The third-order valence-electron chi connectivity index (χ3n) is 2.61. The third kappa shape index (κ3) is 2.03. The second kappa shape index (κ2) is 3.63. The van der Waals surface area contributed by atoms with E-state index in [0.29, 0.717) is 13.2 Å². The molecule has 0 amide bonds. The summed E-state index contributed by atoms with van der Waals surface area (Å²) in [6, 6.07) is 0. The molecule has 1 saturated heterocycles. The van der Waals surface area contributed by atoms with Crippen LogP contribution in [0.1, 0.15) is 6.42 Å². The molecule has 0 aromatic carbocycles. The van der Waals surface area contributed by atoms with Gasteiger partial charge in [-0.2, -0.15) is 21.6 Å². The maximum absolute atomic E-state index is 12.0. The minimum absolute atomic E-state index is 0.0292. The minimum Gasteiger partial charge on any atom is -0.381 e. The first-order valence-electron chi connectivity index (χ1n) is 4.59. The summed E-state index contributed by atoms with van der Waals surface area (Å²) in [6.45, 7) is 0.837. The third-order valence-corrected chi connectivity index (χ3v) is 3.61. The zero-order valence-corrected chi connectivity index (χ0v) is 8.85. The summed E-state index contributed by atoms with van der Waals surface area (Å²) < 4.78 is 66.6. The van der Waals surface area contributed by atoms with Crippen LogP contribution in [-0.2, 0) is 19.0 Å². The predicted octanol–water partition coefficient (Wildman–Crippen LogP) is 1.40. The van der Waals surface area contributed by atoms with Crippen molar-refractivity contribution in [2.45, 2.75) is 11.9 Å². The molecule has 0 radical (unpaired) electrons. The van der Waals surface area contributed by atoms with Crippen LogP contribution in [0.15, 0.2) is 11.8 Å². The second-order valence-corrected chi connectivity index (χ2v) is 5.32. The van der Waals surface area contributed by atoms with Crippen LogP contribution in [0.2, 0.25) is 0 Å². The lowest BCUT2D eigenvalue weighted by Gasteiger charge is -2.10. The van der Waals surface area contributed by atoms with Crippen molar-refractivity contribution >= 4 is 10.1 Å². The Labute approximate surface area is 90.2 Å². The lowest BCUT2D eigenvalue weighted by molar-refractivity contribution is -0.0523. The van der Waals surface area contributed by atoms with Gasteiger partial charge in [-0.3, -0.25) is 0 Å². The lowest BCUT2D eigenvalue weighted by atomic mass is 10.0. The quantitative estimate of drug-likeness (QED) is 0.555. The number of halogens is 3. The molecule has 0 spiro atoms. The van der Waals surface area contributed by atoms with Gasteiger partial charge in [-0.25, -0.2) is 0 Å². The Bertz CT molecular complexity index is 411. The number of fused-ring (bicyclic) bond motifs is 1. The molecular formula is C8H9F3O4S. The Morgan fingerprint density at radius 3 is 2.62 bits per heavy atom. The van der Waals surface area contributed by atoms with Gasteiger partial charge >= 0.3 is 15.6 Å². The normalized spacial score (nSPS) is 30.1. The molecule has 1 aliphatic heterocycles. The van der Waals surface area contributed by atoms with Crippen LogP contribution in [0.25, 0.3) is 0 Å². The fraction of sp³-hybridized carbons (Fsp3) is 0.750. The summed E-state index contributed by atoms with van der Waals surface area (Å²) >= 11 is 0. The van der Waals surface area contributed by atoms with E-state index in [9.17, 15) is 21.6 Å². The summed E-state index contributed by atoms with van der Waals surface area (Å²) in [5, 5.41) is 0. The number of rotatable bonds is 2. The van der Waals surface area contributed by atoms with Crippen LogP contribution in [0, 0.1) is 11.8 Å². The zero-order chi connectivity index (χ0) is 12.0. The molecule has 16 heavy (non-hydrogen) atoms. The average molecular weight is 258 g/mol. The van der Waals surface area contributed by atoms with Gasteiger partial charge in [-0.1, -0.05) is 0 Å². The summed E-state index contributed by atoms with van der Waals surface area (Å²) in [5.74, 6) is -0.118. The maximum atomic E-state index is 12.0. The molecule has 2 rings (SSSR count). The lowest BCUT2D eigenvalue weighted by Crippen LogP contribution is -2.25. The van der Waals surface area contributed by atoms with Gasteiger partial charge in [0.1, 0.15) is 5.76 Å². The molecule has 0 aromatic heterocycles. The monoisotopic (exact) mass is 258 g/mol. The molecule has 8 heteroatoms. The maximum Gasteiger partial charge on any atom is 0.534 e. The largest absolute Gasteiger partial charge is 0.534 e. The second-order valence-electron chi connectivity index (χ2n) is 3.78. The van der Waals surface area contributed by atoms with Crippen LogP contribution < -0.4 is 0 Å². The van der Waals surface area contributed by atoms with E-state index in [1.165, 1.54) is 6.08 Å². The van der Waals surface area contributed by atoms with Gasteiger partial charge in [0, 0.05) is 12.3 Å². The van der Waals surface area contributed by atoms with Crippen LogP contribution in [0.4, 0.5) is 13.2 Å². The summed E-state index contributed by atoms with van der Waals surface area (Å²) in [7, 11) is -5.52. The highest BCUT2D eigenvalue weighted by Gasteiger charge is 2.49. The first-order chi connectivity index (χ1) is 7.29. The number of ether oxygens (including phenoxy) is 1. The summed E-state index contributed by atoms with van der Waals surface area (Å²) in [6.07, 6.45) is 1.58. The zero-order valence-electron chi connectivity index (χ0n) is 8.03. The van der Waals surface area contributed by atoms with E-state index >= 15 is 0 Å². The van der Waals surface area contributed by atoms with Crippen LogP contribution in [0.3, 0.4) is 0 Å². The Hall–Kier alpha value is -0.760. The fourth-order valence-electron chi connectivity index (χ4n) is 1.82. The molecule has 2 aliphatic rings. The highest BCUT2D eigenvalue weighted by molar-refractivity contribution is 7.87. The summed E-state index contributed by atoms with van der Waals surface area (Å²) in [4.78, 5) is 0. The molecule has 2 unspecified atom stereocenters. The van der Waals surface area contributed by atoms with Crippen molar-refractivity contribution in [3.05, 3.63) is 11.8 Å². The first kappa shape index (κ1) is 11.7. The molecule has 0 saturated carbocycles. The molecule has 2 atom stereocenters. The summed E-state index contributed by atoms with van der Waals surface area (Å²) in [5.41, 5.74) is -5.37. The average Bonchev–Trinajstić information content (AvgIpc) is 2.59. The van der Waals surface area contributed by atoms with E-state index in [4.69, 9.17) is 4.74 Å². The van der Waals surface area contributed by atoms with Crippen molar-refractivity contribution in [1.29, 1.82) is 0 Å². The van der Waals surface area contributed by atoms with Gasteiger partial charge in [0.05, 0.1) is 13.2 Å². The van der Waals surface area contributed by atoms with Crippen LogP contribution in [-0.4, -0.2) is 27.1 Å². The van der Waals surface area contributed by atoms with Gasteiger partial charge in [-0.05, 0) is 12.0 Å². The van der Waals surface area contributed by atoms with E-state index in [1.807, 2.05) is 0 Å². The van der Waals surface area contributed by atoms with Crippen molar-refractivity contribution in [3.63, 3.8) is 0 Å². The first-order valence-corrected chi connectivity index (χ1v) is 5.99. The van der Waals surface area contributed by atoms with E-state index in [2.05, 4.69) is 4.18 Å². The van der Waals surface area contributed by atoms with Crippen LogP contribution >= 0.6 is 0 Å². The van der Waals surface area contributed by atoms with Gasteiger partial charge in [0.15, 0.2) is 0 Å². The number of hydrogen-bond donors (Lipinski definition) is 0. The van der Waals surface area contributed by atoms with E-state index in [-0.39, 0.29) is 24.0 Å².